The lowest BCUT2D eigenvalue weighted by Gasteiger charge is -2.07. The van der Waals surface area contributed by atoms with Crippen LogP contribution >= 0.6 is 0 Å². The van der Waals surface area contributed by atoms with Crippen LogP contribution < -0.4 is 16.2 Å². The van der Waals surface area contributed by atoms with Crippen LogP contribution in [-0.4, -0.2) is 12.2 Å². The Morgan fingerprint density at radius 2 is 1.76 bits per heavy atom. The minimum absolute atomic E-state index is 0.0498. The molecule has 0 radical (unpaired) electrons. The fourth-order valence-corrected chi connectivity index (χ4v) is 1.76. The van der Waals surface area contributed by atoms with E-state index in [-0.39, 0.29) is 5.96 Å². The van der Waals surface area contributed by atoms with Crippen LogP contribution in [-0.2, 0) is 13.0 Å². The highest BCUT2D eigenvalue weighted by Crippen LogP contribution is 2.15. The van der Waals surface area contributed by atoms with Crippen molar-refractivity contribution in [3.63, 3.8) is 0 Å². The number of rotatable bonds is 6. The summed E-state index contributed by atoms with van der Waals surface area (Å²) in [6, 6.07) is 17.9. The van der Waals surface area contributed by atoms with E-state index in [9.17, 15) is 0 Å². The molecule has 0 saturated carbocycles. The SMILES string of the molecule is NC(N)=N/N=C/Cc1cccc(OCc2ccccc2)c1. The first-order chi connectivity index (χ1) is 10.2. The Labute approximate surface area is 124 Å². The van der Waals surface area contributed by atoms with Crippen LogP contribution in [0.4, 0.5) is 0 Å². The van der Waals surface area contributed by atoms with E-state index in [1.807, 2.05) is 54.6 Å². The van der Waals surface area contributed by atoms with Gasteiger partial charge in [-0.2, -0.15) is 5.10 Å². The molecule has 0 aromatic heterocycles. The Morgan fingerprint density at radius 3 is 2.52 bits per heavy atom. The average molecular weight is 282 g/mol. The molecule has 0 atom stereocenters. The number of benzene rings is 2. The molecule has 0 bridgehead atoms. The molecule has 108 valence electrons. The van der Waals surface area contributed by atoms with Crippen molar-refractivity contribution in [3.05, 3.63) is 65.7 Å². The maximum Gasteiger partial charge on any atom is 0.211 e. The Morgan fingerprint density at radius 1 is 1.00 bits per heavy atom. The number of nitrogens with two attached hydrogens (primary N) is 2. The molecule has 0 aliphatic carbocycles. The summed E-state index contributed by atoms with van der Waals surface area (Å²) in [7, 11) is 0. The van der Waals surface area contributed by atoms with Crippen molar-refractivity contribution in [3.8, 4) is 5.75 Å². The van der Waals surface area contributed by atoms with Crippen LogP contribution in [0, 0.1) is 0 Å². The molecule has 0 unspecified atom stereocenters. The molecule has 0 fully saturated rings. The lowest BCUT2D eigenvalue weighted by Crippen LogP contribution is -2.21. The second-order valence-corrected chi connectivity index (χ2v) is 4.45. The van der Waals surface area contributed by atoms with Crippen molar-refractivity contribution in [2.45, 2.75) is 13.0 Å². The van der Waals surface area contributed by atoms with Crippen molar-refractivity contribution in [2.24, 2.45) is 21.7 Å². The molecule has 0 spiro atoms. The van der Waals surface area contributed by atoms with E-state index in [0.717, 1.165) is 16.9 Å². The highest BCUT2D eigenvalue weighted by molar-refractivity contribution is 5.76. The van der Waals surface area contributed by atoms with E-state index in [0.29, 0.717) is 13.0 Å². The van der Waals surface area contributed by atoms with E-state index in [2.05, 4.69) is 10.2 Å². The van der Waals surface area contributed by atoms with Gasteiger partial charge in [-0.05, 0) is 23.3 Å². The van der Waals surface area contributed by atoms with E-state index < -0.39 is 0 Å². The van der Waals surface area contributed by atoms with Gasteiger partial charge in [0.25, 0.3) is 0 Å². The van der Waals surface area contributed by atoms with Crippen LogP contribution in [0.3, 0.4) is 0 Å². The molecule has 0 heterocycles. The van der Waals surface area contributed by atoms with Crippen LogP contribution in [0.2, 0.25) is 0 Å². The van der Waals surface area contributed by atoms with E-state index >= 15 is 0 Å². The molecule has 0 aliphatic rings. The molecule has 2 aromatic carbocycles. The zero-order valence-corrected chi connectivity index (χ0v) is 11.6. The van der Waals surface area contributed by atoms with E-state index in [1.165, 1.54) is 0 Å². The number of hydrogen-bond donors (Lipinski definition) is 2. The average Bonchev–Trinajstić information content (AvgIpc) is 2.51. The Balaban J connectivity index is 1.91. The normalized spacial score (nSPS) is 10.5. The zero-order valence-electron chi connectivity index (χ0n) is 11.6. The summed E-state index contributed by atoms with van der Waals surface area (Å²) >= 11 is 0. The summed E-state index contributed by atoms with van der Waals surface area (Å²) in [6.07, 6.45) is 2.29. The maximum absolute atomic E-state index is 5.77. The second kappa shape index (κ2) is 7.69. The van der Waals surface area contributed by atoms with E-state index in [1.54, 1.807) is 6.21 Å². The van der Waals surface area contributed by atoms with Gasteiger partial charge in [-0.1, -0.05) is 42.5 Å². The van der Waals surface area contributed by atoms with Gasteiger partial charge in [-0.3, -0.25) is 0 Å². The fraction of sp³-hybridized carbons (Fsp3) is 0.125. The predicted molar refractivity (Wildman–Crippen MR) is 85.2 cm³/mol. The van der Waals surface area contributed by atoms with Gasteiger partial charge >= 0.3 is 0 Å². The van der Waals surface area contributed by atoms with Crippen LogP contribution in [0.5, 0.6) is 5.75 Å². The summed E-state index contributed by atoms with van der Waals surface area (Å²) in [6.45, 7) is 0.548. The largest absolute Gasteiger partial charge is 0.489 e. The smallest absolute Gasteiger partial charge is 0.211 e. The summed E-state index contributed by atoms with van der Waals surface area (Å²) in [4.78, 5) is 0. The second-order valence-electron chi connectivity index (χ2n) is 4.45. The Bertz CT molecular complexity index is 619. The number of ether oxygens (including phenoxy) is 1. The first-order valence-electron chi connectivity index (χ1n) is 6.60. The Kier molecular flexibility index (Phi) is 5.34. The van der Waals surface area contributed by atoms with Crippen molar-refractivity contribution in [2.75, 3.05) is 0 Å². The van der Waals surface area contributed by atoms with Crippen LogP contribution in [0.25, 0.3) is 0 Å². The number of guanidine groups is 1. The summed E-state index contributed by atoms with van der Waals surface area (Å²) < 4.78 is 5.77. The molecule has 0 aliphatic heterocycles. The van der Waals surface area contributed by atoms with Crippen LogP contribution in [0.15, 0.2) is 64.8 Å². The maximum atomic E-state index is 5.77. The molecule has 4 N–H and O–H groups in total. The van der Waals surface area contributed by atoms with Gasteiger partial charge in [0.2, 0.25) is 5.96 Å². The Hall–Kier alpha value is -2.82. The highest BCUT2D eigenvalue weighted by atomic mass is 16.5. The molecule has 0 amide bonds. The molecule has 2 rings (SSSR count). The lowest BCUT2D eigenvalue weighted by atomic mass is 10.1. The lowest BCUT2D eigenvalue weighted by molar-refractivity contribution is 0.306. The first-order valence-corrected chi connectivity index (χ1v) is 6.60. The van der Waals surface area contributed by atoms with Gasteiger partial charge in [0.05, 0.1) is 0 Å². The van der Waals surface area contributed by atoms with Gasteiger partial charge in [-0.25, -0.2) is 0 Å². The highest BCUT2D eigenvalue weighted by Gasteiger charge is 1.97. The predicted octanol–water partition coefficient (Wildman–Crippen LogP) is 2.07. The van der Waals surface area contributed by atoms with Gasteiger partial charge in [-0.15, -0.1) is 5.10 Å². The third-order valence-corrected chi connectivity index (χ3v) is 2.73. The quantitative estimate of drug-likeness (QED) is 0.483. The van der Waals surface area contributed by atoms with Gasteiger partial charge in [0, 0.05) is 12.6 Å². The van der Waals surface area contributed by atoms with Gasteiger partial charge < -0.3 is 16.2 Å². The molecular formula is C16H18N4O. The molecule has 21 heavy (non-hydrogen) atoms. The summed E-state index contributed by atoms with van der Waals surface area (Å²) in [5, 5.41) is 7.31. The molecule has 5 heteroatoms. The van der Waals surface area contributed by atoms with E-state index in [4.69, 9.17) is 16.2 Å². The van der Waals surface area contributed by atoms with Crippen molar-refractivity contribution in [1.29, 1.82) is 0 Å². The molecule has 0 saturated heterocycles. The monoisotopic (exact) mass is 282 g/mol. The molecule has 5 nitrogen and oxygen atoms in total. The summed E-state index contributed by atoms with van der Waals surface area (Å²) in [5.74, 6) is 0.776. The first kappa shape index (κ1) is 14.6. The number of hydrogen-bond acceptors (Lipinski definition) is 3. The standard InChI is InChI=1S/C16H18N4O/c17-16(18)20-19-10-9-13-7-4-8-15(11-13)21-12-14-5-2-1-3-6-14/h1-8,10-11H,9,12H2,(H4,17,18,20)/b19-10+. The third-order valence-electron chi connectivity index (χ3n) is 2.73. The zero-order chi connectivity index (χ0) is 14.9. The third kappa shape index (κ3) is 5.36. The summed E-state index contributed by atoms with van der Waals surface area (Å²) in [5.41, 5.74) is 12.6. The molecular weight excluding hydrogens is 264 g/mol. The van der Waals surface area contributed by atoms with Gasteiger partial charge in [0.15, 0.2) is 0 Å². The van der Waals surface area contributed by atoms with Crippen LogP contribution in [0.1, 0.15) is 11.1 Å². The van der Waals surface area contributed by atoms with Crippen molar-refractivity contribution >= 4 is 12.2 Å². The minimum Gasteiger partial charge on any atom is -0.489 e. The molecule has 2 aromatic rings. The van der Waals surface area contributed by atoms with Gasteiger partial charge in [0.1, 0.15) is 12.4 Å². The van der Waals surface area contributed by atoms with Crippen molar-refractivity contribution < 1.29 is 4.74 Å². The minimum atomic E-state index is -0.0498. The topological polar surface area (TPSA) is 86.0 Å². The fourth-order valence-electron chi connectivity index (χ4n) is 1.76. The van der Waals surface area contributed by atoms with Crippen molar-refractivity contribution in [1.82, 2.24) is 0 Å². The number of nitrogens with zero attached hydrogens (tertiary/aromatic N) is 2.